The molecule has 4 aromatic rings. The monoisotopic (exact) mass is 352 g/mol. The van der Waals surface area contributed by atoms with E-state index in [1.807, 2.05) is 12.3 Å². The standard InChI is InChI=1S/C25H24N2/c1-27(19-24-11-5-10-23-16-17-26-25(23)24)18-6-7-20-12-14-22(15-13-20)21-8-3-2-4-9-21/h2-17,26H,18-19H2,1H3. The zero-order valence-corrected chi connectivity index (χ0v) is 15.6. The number of nitrogens with zero attached hydrogens (tertiary/aromatic N) is 1. The molecule has 1 aromatic heterocycles. The zero-order valence-electron chi connectivity index (χ0n) is 15.6. The molecule has 0 saturated heterocycles. The molecule has 0 saturated carbocycles. The van der Waals surface area contributed by atoms with Crippen LogP contribution in [0.25, 0.3) is 28.1 Å². The van der Waals surface area contributed by atoms with E-state index in [1.165, 1.54) is 33.2 Å². The smallest absolute Gasteiger partial charge is 0.0499 e. The van der Waals surface area contributed by atoms with Crippen LogP contribution >= 0.6 is 0 Å². The van der Waals surface area contributed by atoms with Gasteiger partial charge >= 0.3 is 0 Å². The van der Waals surface area contributed by atoms with E-state index in [4.69, 9.17) is 0 Å². The second-order valence-corrected chi connectivity index (χ2v) is 6.95. The lowest BCUT2D eigenvalue weighted by atomic mass is 10.0. The normalized spacial score (nSPS) is 11.6. The fourth-order valence-electron chi connectivity index (χ4n) is 3.42. The van der Waals surface area contributed by atoms with Gasteiger partial charge in [0.05, 0.1) is 0 Å². The molecule has 4 rings (SSSR count). The highest BCUT2D eigenvalue weighted by Gasteiger charge is 2.04. The highest BCUT2D eigenvalue weighted by molar-refractivity contribution is 5.82. The average molecular weight is 352 g/mol. The van der Waals surface area contributed by atoms with Gasteiger partial charge in [-0.25, -0.2) is 0 Å². The third-order valence-corrected chi connectivity index (χ3v) is 4.86. The number of likely N-dealkylation sites (N-methyl/N-ethyl adjacent to an activating group) is 1. The molecule has 3 aromatic carbocycles. The Hall–Kier alpha value is -3.10. The first-order valence-electron chi connectivity index (χ1n) is 9.35. The Kier molecular flexibility index (Phi) is 5.17. The SMILES string of the molecule is CN(CC=Cc1ccc(-c2ccccc2)cc1)Cc1cccc2cc[nH]c12. The molecule has 0 unspecified atom stereocenters. The number of hydrogen-bond donors (Lipinski definition) is 1. The molecule has 1 heterocycles. The number of aromatic amines is 1. The van der Waals surface area contributed by atoms with Crippen LogP contribution in [-0.4, -0.2) is 23.5 Å². The van der Waals surface area contributed by atoms with Crippen LogP contribution < -0.4 is 0 Å². The van der Waals surface area contributed by atoms with Crippen molar-refractivity contribution in [2.45, 2.75) is 6.54 Å². The van der Waals surface area contributed by atoms with Crippen LogP contribution in [0.1, 0.15) is 11.1 Å². The van der Waals surface area contributed by atoms with E-state index in [0.29, 0.717) is 0 Å². The zero-order chi connectivity index (χ0) is 18.5. The molecular formula is C25H24N2. The maximum Gasteiger partial charge on any atom is 0.0499 e. The summed E-state index contributed by atoms with van der Waals surface area (Å²) in [5.41, 5.74) is 6.31. The fraction of sp³-hybridized carbons (Fsp3) is 0.120. The molecule has 0 aliphatic heterocycles. The van der Waals surface area contributed by atoms with E-state index in [2.05, 4.69) is 102 Å². The van der Waals surface area contributed by atoms with Gasteiger partial charge < -0.3 is 4.98 Å². The molecule has 1 N–H and O–H groups in total. The second-order valence-electron chi connectivity index (χ2n) is 6.95. The summed E-state index contributed by atoms with van der Waals surface area (Å²) in [6, 6.07) is 27.8. The third kappa shape index (κ3) is 4.18. The van der Waals surface area contributed by atoms with Crippen LogP contribution in [-0.2, 0) is 6.54 Å². The Morgan fingerprint density at radius 1 is 0.815 bits per heavy atom. The molecule has 0 atom stereocenters. The molecule has 0 fully saturated rings. The van der Waals surface area contributed by atoms with Gasteiger partial charge in [-0.2, -0.15) is 0 Å². The van der Waals surface area contributed by atoms with Crippen molar-refractivity contribution in [3.8, 4) is 11.1 Å². The summed E-state index contributed by atoms with van der Waals surface area (Å²) in [4.78, 5) is 5.67. The second kappa shape index (κ2) is 8.07. The molecular weight excluding hydrogens is 328 g/mol. The van der Waals surface area contributed by atoms with Crippen molar-refractivity contribution < 1.29 is 0 Å². The number of benzene rings is 3. The molecule has 2 nitrogen and oxygen atoms in total. The van der Waals surface area contributed by atoms with Crippen molar-refractivity contribution in [2.24, 2.45) is 0 Å². The highest BCUT2D eigenvalue weighted by Crippen LogP contribution is 2.20. The first-order chi connectivity index (χ1) is 13.3. The number of rotatable bonds is 6. The van der Waals surface area contributed by atoms with E-state index < -0.39 is 0 Å². The summed E-state index contributed by atoms with van der Waals surface area (Å²) < 4.78 is 0. The van der Waals surface area contributed by atoms with Gasteiger partial charge in [0.25, 0.3) is 0 Å². The van der Waals surface area contributed by atoms with Gasteiger partial charge in [0.15, 0.2) is 0 Å². The van der Waals surface area contributed by atoms with Gasteiger partial charge in [0.2, 0.25) is 0 Å². The Morgan fingerprint density at radius 3 is 2.41 bits per heavy atom. The van der Waals surface area contributed by atoms with E-state index in [9.17, 15) is 0 Å². The molecule has 27 heavy (non-hydrogen) atoms. The van der Waals surface area contributed by atoms with Crippen molar-refractivity contribution in [2.75, 3.05) is 13.6 Å². The van der Waals surface area contributed by atoms with Gasteiger partial charge in [0, 0.05) is 24.8 Å². The Morgan fingerprint density at radius 2 is 1.59 bits per heavy atom. The number of hydrogen-bond acceptors (Lipinski definition) is 1. The summed E-state index contributed by atoms with van der Waals surface area (Å²) in [5, 5.41) is 1.27. The highest BCUT2D eigenvalue weighted by atomic mass is 15.1. The van der Waals surface area contributed by atoms with Crippen LogP contribution in [0.3, 0.4) is 0 Å². The summed E-state index contributed by atoms with van der Waals surface area (Å²) in [7, 11) is 2.16. The van der Waals surface area contributed by atoms with Crippen LogP contribution in [0.4, 0.5) is 0 Å². The maximum atomic E-state index is 3.35. The minimum Gasteiger partial charge on any atom is -0.361 e. The molecule has 0 aliphatic carbocycles. The molecule has 0 aliphatic rings. The summed E-state index contributed by atoms with van der Waals surface area (Å²) >= 11 is 0. The van der Waals surface area contributed by atoms with Gasteiger partial charge in [0.1, 0.15) is 0 Å². The summed E-state index contributed by atoms with van der Waals surface area (Å²) in [6.45, 7) is 1.84. The summed E-state index contributed by atoms with van der Waals surface area (Å²) in [6.07, 6.45) is 6.43. The van der Waals surface area contributed by atoms with Crippen molar-refractivity contribution in [1.82, 2.24) is 9.88 Å². The van der Waals surface area contributed by atoms with Crippen LogP contribution in [0, 0.1) is 0 Å². The van der Waals surface area contributed by atoms with Crippen molar-refractivity contribution in [3.63, 3.8) is 0 Å². The molecule has 0 amide bonds. The Bertz CT molecular complexity index is 1030. The quantitative estimate of drug-likeness (QED) is 0.452. The van der Waals surface area contributed by atoms with Crippen LogP contribution in [0.5, 0.6) is 0 Å². The Labute approximate surface area is 160 Å². The first-order valence-corrected chi connectivity index (χ1v) is 9.35. The van der Waals surface area contributed by atoms with Crippen LogP contribution in [0.15, 0.2) is 91.1 Å². The Balaban J connectivity index is 1.36. The molecule has 134 valence electrons. The minimum absolute atomic E-state index is 0.914. The number of H-pyrrole nitrogens is 1. The number of fused-ring (bicyclic) bond motifs is 1. The number of nitrogens with one attached hydrogen (secondary N) is 1. The number of aromatic nitrogens is 1. The third-order valence-electron chi connectivity index (χ3n) is 4.86. The predicted molar refractivity (Wildman–Crippen MR) is 116 cm³/mol. The molecule has 2 heteroatoms. The van der Waals surface area contributed by atoms with Gasteiger partial charge in [-0.3, -0.25) is 4.90 Å². The minimum atomic E-state index is 0.914. The lowest BCUT2D eigenvalue weighted by Crippen LogP contribution is -2.17. The van der Waals surface area contributed by atoms with E-state index in [1.54, 1.807) is 0 Å². The van der Waals surface area contributed by atoms with Gasteiger partial charge in [-0.05, 0) is 40.8 Å². The summed E-state index contributed by atoms with van der Waals surface area (Å²) in [5.74, 6) is 0. The average Bonchev–Trinajstić information content (AvgIpc) is 3.19. The van der Waals surface area contributed by atoms with Crippen molar-refractivity contribution in [1.29, 1.82) is 0 Å². The van der Waals surface area contributed by atoms with E-state index in [-0.39, 0.29) is 0 Å². The van der Waals surface area contributed by atoms with E-state index >= 15 is 0 Å². The molecule has 0 spiro atoms. The first kappa shape index (κ1) is 17.3. The van der Waals surface area contributed by atoms with Gasteiger partial charge in [-0.1, -0.05) is 84.9 Å². The molecule has 0 radical (unpaired) electrons. The van der Waals surface area contributed by atoms with Crippen molar-refractivity contribution >= 4 is 17.0 Å². The molecule has 0 bridgehead atoms. The maximum absolute atomic E-state index is 3.35. The largest absolute Gasteiger partial charge is 0.361 e. The lowest BCUT2D eigenvalue weighted by molar-refractivity contribution is 0.365. The fourth-order valence-corrected chi connectivity index (χ4v) is 3.42. The lowest BCUT2D eigenvalue weighted by Gasteiger charge is -2.15. The number of para-hydroxylation sites is 1. The van der Waals surface area contributed by atoms with Crippen molar-refractivity contribution in [3.05, 3.63) is 102 Å². The topological polar surface area (TPSA) is 19.0 Å². The van der Waals surface area contributed by atoms with Gasteiger partial charge in [-0.15, -0.1) is 0 Å². The predicted octanol–water partition coefficient (Wildman–Crippen LogP) is 5.98. The van der Waals surface area contributed by atoms with E-state index in [0.717, 1.165) is 13.1 Å². The van der Waals surface area contributed by atoms with Crippen LogP contribution in [0.2, 0.25) is 0 Å².